The van der Waals surface area contributed by atoms with Gasteiger partial charge in [0.05, 0.1) is 16.4 Å². The van der Waals surface area contributed by atoms with E-state index in [2.05, 4.69) is 24.1 Å². The fourth-order valence-electron chi connectivity index (χ4n) is 2.38. The molecule has 2 rings (SSSR count). The van der Waals surface area contributed by atoms with Crippen molar-refractivity contribution in [2.45, 2.75) is 25.9 Å². The van der Waals surface area contributed by atoms with E-state index in [9.17, 15) is 0 Å². The van der Waals surface area contributed by atoms with E-state index in [1.807, 2.05) is 18.2 Å². The van der Waals surface area contributed by atoms with Crippen molar-refractivity contribution in [2.75, 3.05) is 23.7 Å². The van der Waals surface area contributed by atoms with E-state index in [1.54, 1.807) is 0 Å². The summed E-state index contributed by atoms with van der Waals surface area (Å²) in [4.78, 5) is 2.27. The molecule has 0 spiro atoms. The maximum absolute atomic E-state index is 6.22. The van der Waals surface area contributed by atoms with Gasteiger partial charge in [-0.05, 0) is 26.0 Å². The second kappa shape index (κ2) is 4.52. The molecule has 1 fully saturated rings. The molecule has 1 aliphatic heterocycles. The molecule has 88 valence electrons. The fraction of sp³-hybridized carbons (Fsp3) is 0.500. The number of para-hydroxylation sites is 1. The van der Waals surface area contributed by atoms with Gasteiger partial charge in [-0.3, -0.25) is 0 Å². The van der Waals surface area contributed by atoms with Crippen LogP contribution in [0.4, 0.5) is 11.4 Å². The number of nitrogens with zero attached hydrogens (tertiary/aromatic N) is 1. The first-order chi connectivity index (χ1) is 7.58. The monoisotopic (exact) mass is 239 g/mol. The van der Waals surface area contributed by atoms with Crippen molar-refractivity contribution in [3.8, 4) is 0 Å². The number of nitrogen functional groups attached to an aromatic ring is 1. The summed E-state index contributed by atoms with van der Waals surface area (Å²) in [6, 6.07) is 6.60. The van der Waals surface area contributed by atoms with Crippen LogP contribution in [0.1, 0.15) is 13.8 Å². The number of piperazine rings is 1. The number of nitrogens with two attached hydrogens (primary N) is 1. The quantitative estimate of drug-likeness (QED) is 0.738. The van der Waals surface area contributed by atoms with Gasteiger partial charge in [0.2, 0.25) is 0 Å². The molecule has 0 radical (unpaired) electrons. The van der Waals surface area contributed by atoms with Crippen molar-refractivity contribution >= 4 is 23.0 Å². The molecular weight excluding hydrogens is 222 g/mol. The van der Waals surface area contributed by atoms with Crippen LogP contribution in [0.3, 0.4) is 0 Å². The van der Waals surface area contributed by atoms with Crippen molar-refractivity contribution in [3.63, 3.8) is 0 Å². The molecule has 0 bridgehead atoms. The minimum absolute atomic E-state index is 0.458. The Hall–Kier alpha value is -0.930. The molecule has 0 saturated carbocycles. The Labute approximate surface area is 102 Å². The van der Waals surface area contributed by atoms with Gasteiger partial charge in [0.15, 0.2) is 0 Å². The summed E-state index contributed by atoms with van der Waals surface area (Å²) in [5, 5.41) is 4.23. The normalized spacial score (nSPS) is 25.8. The van der Waals surface area contributed by atoms with Gasteiger partial charge in [0.25, 0.3) is 0 Å². The van der Waals surface area contributed by atoms with Crippen LogP contribution in [-0.4, -0.2) is 25.2 Å². The van der Waals surface area contributed by atoms with E-state index in [4.69, 9.17) is 17.3 Å². The Morgan fingerprint density at radius 1 is 1.31 bits per heavy atom. The molecule has 4 heteroatoms. The van der Waals surface area contributed by atoms with Crippen LogP contribution in [0.2, 0.25) is 5.02 Å². The number of nitrogens with one attached hydrogen (secondary N) is 1. The van der Waals surface area contributed by atoms with Gasteiger partial charge < -0.3 is 16.0 Å². The van der Waals surface area contributed by atoms with E-state index in [-0.39, 0.29) is 0 Å². The zero-order valence-electron chi connectivity index (χ0n) is 9.70. The smallest absolute Gasteiger partial charge is 0.0790 e. The maximum Gasteiger partial charge on any atom is 0.0790 e. The van der Waals surface area contributed by atoms with Gasteiger partial charge in [0.1, 0.15) is 0 Å². The maximum atomic E-state index is 6.22. The van der Waals surface area contributed by atoms with E-state index in [1.165, 1.54) is 0 Å². The third kappa shape index (κ3) is 2.25. The standard InChI is InChI=1S/C12H18ClN3/c1-8-6-16(7-9(2)15-8)12-10(13)4-3-5-11(12)14/h3-5,8-9,15H,6-7,14H2,1-2H3/t8-,9-/m1/s1. The lowest BCUT2D eigenvalue weighted by Crippen LogP contribution is -2.54. The van der Waals surface area contributed by atoms with Gasteiger partial charge in [-0.15, -0.1) is 0 Å². The lowest BCUT2D eigenvalue weighted by atomic mass is 10.1. The third-order valence-corrected chi connectivity index (χ3v) is 3.20. The Balaban J connectivity index is 2.29. The highest BCUT2D eigenvalue weighted by molar-refractivity contribution is 6.34. The number of rotatable bonds is 1. The van der Waals surface area contributed by atoms with Crippen LogP contribution in [0.5, 0.6) is 0 Å². The Morgan fingerprint density at radius 2 is 1.94 bits per heavy atom. The van der Waals surface area contributed by atoms with E-state index >= 15 is 0 Å². The van der Waals surface area contributed by atoms with Crippen molar-refractivity contribution < 1.29 is 0 Å². The van der Waals surface area contributed by atoms with Crippen LogP contribution >= 0.6 is 11.6 Å². The summed E-state index contributed by atoms with van der Waals surface area (Å²) >= 11 is 6.22. The van der Waals surface area contributed by atoms with Gasteiger partial charge in [-0.2, -0.15) is 0 Å². The minimum Gasteiger partial charge on any atom is -0.397 e. The Bertz CT molecular complexity index is 350. The average Bonchev–Trinajstić information content (AvgIpc) is 2.15. The van der Waals surface area contributed by atoms with Crippen molar-refractivity contribution in [2.24, 2.45) is 0 Å². The van der Waals surface area contributed by atoms with Crippen molar-refractivity contribution in [1.82, 2.24) is 5.32 Å². The molecule has 0 aromatic heterocycles. The van der Waals surface area contributed by atoms with Crippen LogP contribution < -0.4 is 16.0 Å². The molecule has 0 amide bonds. The SMILES string of the molecule is C[C@@H]1CN(c2c(N)cccc2Cl)C[C@@H](C)N1. The Kier molecular flexibility index (Phi) is 3.26. The number of halogens is 1. The lowest BCUT2D eigenvalue weighted by molar-refractivity contribution is 0.407. The van der Waals surface area contributed by atoms with Crippen molar-refractivity contribution in [3.05, 3.63) is 23.2 Å². The highest BCUT2D eigenvalue weighted by Gasteiger charge is 2.23. The van der Waals surface area contributed by atoms with Crippen molar-refractivity contribution in [1.29, 1.82) is 0 Å². The first-order valence-electron chi connectivity index (χ1n) is 5.63. The van der Waals surface area contributed by atoms with Crippen LogP contribution in [0, 0.1) is 0 Å². The van der Waals surface area contributed by atoms with Crippen LogP contribution in [0.15, 0.2) is 18.2 Å². The van der Waals surface area contributed by atoms with Crippen LogP contribution in [0.25, 0.3) is 0 Å². The summed E-state index contributed by atoms with van der Waals surface area (Å²) in [7, 11) is 0. The minimum atomic E-state index is 0.458. The number of hydrogen-bond acceptors (Lipinski definition) is 3. The first-order valence-corrected chi connectivity index (χ1v) is 6.00. The molecule has 1 aromatic carbocycles. The molecule has 0 unspecified atom stereocenters. The molecule has 0 aliphatic carbocycles. The van der Waals surface area contributed by atoms with Gasteiger partial charge in [-0.1, -0.05) is 17.7 Å². The van der Waals surface area contributed by atoms with E-state index < -0.39 is 0 Å². The molecule has 1 aliphatic rings. The predicted molar refractivity (Wildman–Crippen MR) is 70.1 cm³/mol. The second-order valence-corrected chi connectivity index (χ2v) is 4.96. The zero-order chi connectivity index (χ0) is 11.7. The summed E-state index contributed by atoms with van der Waals surface area (Å²) in [6.45, 7) is 6.24. The molecule has 2 atom stereocenters. The second-order valence-electron chi connectivity index (χ2n) is 4.55. The molecule has 1 saturated heterocycles. The van der Waals surface area contributed by atoms with E-state index in [0.29, 0.717) is 12.1 Å². The number of anilines is 2. The molecule has 16 heavy (non-hydrogen) atoms. The summed E-state index contributed by atoms with van der Waals surface area (Å²) < 4.78 is 0. The van der Waals surface area contributed by atoms with Crippen LogP contribution in [-0.2, 0) is 0 Å². The topological polar surface area (TPSA) is 41.3 Å². The molecule has 3 N–H and O–H groups in total. The predicted octanol–water partition coefficient (Wildman–Crippen LogP) is 2.11. The van der Waals surface area contributed by atoms with E-state index in [0.717, 1.165) is 29.5 Å². The number of hydrogen-bond donors (Lipinski definition) is 2. The fourth-order valence-corrected chi connectivity index (χ4v) is 2.68. The number of benzene rings is 1. The molecule has 1 aromatic rings. The molecule has 1 heterocycles. The summed E-state index contributed by atoms with van der Waals surface area (Å²) in [5.41, 5.74) is 7.73. The van der Waals surface area contributed by atoms with Gasteiger partial charge in [-0.25, -0.2) is 0 Å². The van der Waals surface area contributed by atoms with Gasteiger partial charge >= 0.3 is 0 Å². The summed E-state index contributed by atoms with van der Waals surface area (Å²) in [6.07, 6.45) is 0. The molecule has 3 nitrogen and oxygen atoms in total. The Morgan fingerprint density at radius 3 is 2.50 bits per heavy atom. The summed E-state index contributed by atoms with van der Waals surface area (Å²) in [5.74, 6) is 0. The average molecular weight is 240 g/mol. The first kappa shape index (κ1) is 11.6. The van der Waals surface area contributed by atoms with Gasteiger partial charge in [0, 0.05) is 25.2 Å². The largest absolute Gasteiger partial charge is 0.397 e. The lowest BCUT2D eigenvalue weighted by Gasteiger charge is -2.38. The highest BCUT2D eigenvalue weighted by atomic mass is 35.5. The zero-order valence-corrected chi connectivity index (χ0v) is 10.5. The molecular formula is C12H18ClN3. The third-order valence-electron chi connectivity index (χ3n) is 2.89. The highest BCUT2D eigenvalue weighted by Crippen LogP contribution is 2.32.